The zero-order chi connectivity index (χ0) is 61.4. The number of hydrogen-bond donors (Lipinski definition) is 6. The van der Waals surface area contributed by atoms with E-state index in [1.165, 1.54) is 17.7 Å². The fourth-order valence-corrected chi connectivity index (χ4v) is 12.0. The molecule has 18 heteroatoms. The second-order valence-corrected chi connectivity index (χ2v) is 23.4. The Hall–Kier alpha value is -6.05. The van der Waals surface area contributed by atoms with Gasteiger partial charge in [-0.2, -0.15) is 13.2 Å². The number of carbonyl (C=O) groups is 3. The van der Waals surface area contributed by atoms with Crippen molar-refractivity contribution in [3.8, 4) is 11.5 Å². The number of aliphatic hydroxyl groups is 6. The molecule has 3 saturated carbocycles. The monoisotopic (exact) mass is 1220 g/mol. The lowest BCUT2D eigenvalue weighted by atomic mass is 9.89. The second kappa shape index (κ2) is 34.5. The Bertz CT molecular complexity index is 2770. The van der Waals surface area contributed by atoms with Gasteiger partial charge in [0.2, 0.25) is 0 Å². The highest BCUT2D eigenvalue weighted by molar-refractivity contribution is 6.30. The number of rotatable bonds is 9. The SMILES string of the molecule is O=C1CCC/C=C\CC2C(O)CC(O)C2/C=C/C(CCc2ccccc2)O1.O=C1CCC/C=C\CC2C(O)CC(O)C2/C=C/C(COc2cccc(C(F)(F)F)c2)O1.O=C1CCC/C=C\CC2C(O)CC(O)C2/C=C/C(COc2cccc(Cl)c2)O1. The first-order valence-corrected chi connectivity index (χ1v) is 30.7. The molecule has 15 unspecified atom stereocenters. The third-order valence-corrected chi connectivity index (χ3v) is 16.8. The molecule has 0 aromatic heterocycles. The summed E-state index contributed by atoms with van der Waals surface area (Å²) in [5.41, 5.74) is 0.383. The van der Waals surface area contributed by atoms with E-state index in [4.69, 9.17) is 35.3 Å². The number of halogens is 4. The van der Waals surface area contributed by atoms with Gasteiger partial charge in [0.15, 0.2) is 12.2 Å². The Balaban J connectivity index is 0.000000185. The van der Waals surface area contributed by atoms with Gasteiger partial charge in [0.1, 0.15) is 30.8 Å². The first-order valence-electron chi connectivity index (χ1n) is 30.3. The number of benzene rings is 3. The van der Waals surface area contributed by atoms with Crippen molar-refractivity contribution < 1.29 is 81.9 Å². The molecule has 3 aromatic carbocycles. The highest BCUT2D eigenvalue weighted by Gasteiger charge is 2.42. The van der Waals surface area contributed by atoms with E-state index in [1.54, 1.807) is 42.5 Å². The number of aryl methyl sites for hydroxylation is 1. The zero-order valence-corrected chi connectivity index (χ0v) is 49.2. The molecule has 6 aliphatic rings. The molecule has 0 radical (unpaired) electrons. The van der Waals surface area contributed by atoms with Crippen molar-refractivity contribution in [3.05, 3.63) is 168 Å². The average molecular weight is 1220 g/mol. The summed E-state index contributed by atoms with van der Waals surface area (Å²) in [7, 11) is 0. The summed E-state index contributed by atoms with van der Waals surface area (Å²) in [4.78, 5) is 36.5. The number of cyclic esters (lactones) is 3. The molecule has 6 N–H and O–H groups in total. The van der Waals surface area contributed by atoms with Crippen LogP contribution in [0.2, 0.25) is 5.02 Å². The molecule has 3 aromatic rings. The minimum atomic E-state index is -4.49. The van der Waals surface area contributed by atoms with Gasteiger partial charge in [-0.25, -0.2) is 0 Å². The van der Waals surface area contributed by atoms with Crippen molar-refractivity contribution in [2.75, 3.05) is 13.2 Å². The van der Waals surface area contributed by atoms with Crippen LogP contribution in [-0.4, -0.2) is 117 Å². The normalized spacial score (nSPS) is 33.3. The van der Waals surface area contributed by atoms with E-state index in [1.807, 2.05) is 60.7 Å². The Morgan fingerprint density at radius 2 is 0.884 bits per heavy atom. The van der Waals surface area contributed by atoms with E-state index < -0.39 is 66.5 Å². The van der Waals surface area contributed by atoms with Crippen molar-refractivity contribution in [2.24, 2.45) is 35.5 Å². The number of aliphatic hydroxyl groups excluding tert-OH is 6. The van der Waals surface area contributed by atoms with Crippen molar-refractivity contribution in [1.82, 2.24) is 0 Å². The summed E-state index contributed by atoms with van der Waals surface area (Å²) in [6, 6.07) is 21.7. The van der Waals surface area contributed by atoms with Crippen molar-refractivity contribution >= 4 is 29.5 Å². The summed E-state index contributed by atoms with van der Waals surface area (Å²) in [6.07, 6.45) is 23.1. The lowest BCUT2D eigenvalue weighted by molar-refractivity contribution is -0.149. The quantitative estimate of drug-likeness (QED) is 0.0667. The predicted octanol–water partition coefficient (Wildman–Crippen LogP) is 11.3. The van der Waals surface area contributed by atoms with Crippen LogP contribution in [0.25, 0.3) is 0 Å². The third kappa shape index (κ3) is 22.0. The Labute approximate surface area is 507 Å². The van der Waals surface area contributed by atoms with Crippen LogP contribution < -0.4 is 9.47 Å². The summed E-state index contributed by atoms with van der Waals surface area (Å²) < 4.78 is 66.7. The van der Waals surface area contributed by atoms with Crippen LogP contribution in [0.5, 0.6) is 11.5 Å². The molecular weight excluding hydrogens is 1130 g/mol. The molecular formula is C68H84ClF3O14. The van der Waals surface area contributed by atoms with E-state index in [-0.39, 0.29) is 85.4 Å². The minimum absolute atomic E-state index is 0.0127. The Morgan fingerprint density at radius 3 is 1.31 bits per heavy atom. The van der Waals surface area contributed by atoms with Gasteiger partial charge in [0, 0.05) is 61.3 Å². The van der Waals surface area contributed by atoms with Crippen LogP contribution in [0, 0.1) is 35.5 Å². The predicted molar refractivity (Wildman–Crippen MR) is 319 cm³/mol. The summed E-state index contributed by atoms with van der Waals surface area (Å²) in [5.74, 6) is -1.09. The number of allylic oxidation sites excluding steroid dienone is 6. The molecule has 0 bridgehead atoms. The Kier molecular flexibility index (Phi) is 27.0. The van der Waals surface area contributed by atoms with Gasteiger partial charge in [-0.15, -0.1) is 0 Å². The molecule has 0 saturated heterocycles. The molecule has 15 atom stereocenters. The van der Waals surface area contributed by atoms with Crippen molar-refractivity contribution in [3.63, 3.8) is 0 Å². The maximum Gasteiger partial charge on any atom is 0.416 e. The van der Waals surface area contributed by atoms with Gasteiger partial charge >= 0.3 is 24.1 Å². The number of esters is 3. The highest BCUT2D eigenvalue weighted by atomic mass is 35.5. The summed E-state index contributed by atoms with van der Waals surface area (Å²) in [5, 5.41) is 62.5. The largest absolute Gasteiger partial charge is 0.489 e. The smallest absolute Gasteiger partial charge is 0.416 e. The second-order valence-electron chi connectivity index (χ2n) is 23.0. The maximum absolute atomic E-state index is 12.9. The first-order chi connectivity index (χ1) is 41.4. The lowest BCUT2D eigenvalue weighted by Crippen LogP contribution is -2.25. The molecule has 9 rings (SSSR count). The first kappa shape index (κ1) is 67.5. The summed E-state index contributed by atoms with van der Waals surface area (Å²) in [6.45, 7) is -0.0191. The molecule has 3 fully saturated rings. The van der Waals surface area contributed by atoms with Gasteiger partial charge in [-0.1, -0.05) is 109 Å². The van der Waals surface area contributed by atoms with E-state index in [0.29, 0.717) is 75.0 Å². The van der Waals surface area contributed by atoms with Gasteiger partial charge in [0.25, 0.3) is 0 Å². The highest BCUT2D eigenvalue weighted by Crippen LogP contribution is 2.40. The van der Waals surface area contributed by atoms with Gasteiger partial charge in [-0.3, -0.25) is 14.4 Å². The molecule has 0 spiro atoms. The fourth-order valence-electron chi connectivity index (χ4n) is 11.8. The van der Waals surface area contributed by atoms with E-state index in [0.717, 1.165) is 44.2 Å². The van der Waals surface area contributed by atoms with Crippen LogP contribution in [0.1, 0.15) is 114 Å². The fraction of sp³-hybridized carbons (Fsp3) is 0.515. The van der Waals surface area contributed by atoms with Crippen LogP contribution in [-0.2, 0) is 41.2 Å². The molecule has 0 amide bonds. The molecule has 468 valence electrons. The van der Waals surface area contributed by atoms with E-state index in [2.05, 4.69) is 24.3 Å². The topological polar surface area (TPSA) is 219 Å². The van der Waals surface area contributed by atoms with Crippen molar-refractivity contribution in [2.45, 2.75) is 170 Å². The van der Waals surface area contributed by atoms with Crippen LogP contribution in [0.3, 0.4) is 0 Å². The summed E-state index contributed by atoms with van der Waals surface area (Å²) >= 11 is 5.98. The van der Waals surface area contributed by atoms with Gasteiger partial charge in [-0.05, 0) is 149 Å². The maximum atomic E-state index is 12.9. The Morgan fingerprint density at radius 1 is 0.477 bits per heavy atom. The number of carbonyl (C=O) groups excluding carboxylic acids is 3. The van der Waals surface area contributed by atoms with Crippen LogP contribution in [0.4, 0.5) is 13.2 Å². The van der Waals surface area contributed by atoms with E-state index in [9.17, 15) is 58.2 Å². The third-order valence-electron chi connectivity index (χ3n) is 16.6. The number of alkyl halides is 3. The molecule has 86 heavy (non-hydrogen) atoms. The lowest BCUT2D eigenvalue weighted by Gasteiger charge is -2.21. The molecule has 3 aliphatic heterocycles. The zero-order valence-electron chi connectivity index (χ0n) is 48.5. The van der Waals surface area contributed by atoms with Crippen LogP contribution in [0.15, 0.2) is 152 Å². The number of fused-ring (bicyclic) bond motifs is 3. The van der Waals surface area contributed by atoms with Gasteiger partial charge < -0.3 is 54.3 Å². The standard InChI is InChI=1S/C23H27F3O5.C23H30O4.C22H27ClO5/c24-23(25,26)15-6-5-7-16(12-15)30-14-17-10-11-19-18(20(27)13-21(19)28)8-3-1-2-4-9-22(29)31-17;24-21-16-22(25)20-15-14-18(13-12-17-8-4-3-5-9-17)27-23(26)11-7-2-1-6-10-19(20)21;23-15-6-5-7-16(12-15)27-14-17-10-11-19-18(20(24)13-21(19)25)8-3-1-2-4-9-22(26)28-17/h1,3,5-7,10-12,17-21,27-28H,2,4,8-9,13-14H2;1,3-6,8-9,14-15,18-22,24-25H,2,7,10-13,16H2;1,3,5-7,10-12,17-21,24-25H,2,4,8-9,13-14H2/b3-1-,11-10+;6-1-,15-14+;3-1-,11-10+. The average Bonchev–Trinajstić information content (AvgIpc) is 4.29. The molecule has 3 aliphatic carbocycles. The minimum Gasteiger partial charge on any atom is -0.489 e. The molecule has 3 heterocycles. The van der Waals surface area contributed by atoms with Gasteiger partial charge in [0.05, 0.1) is 42.2 Å². The van der Waals surface area contributed by atoms with E-state index >= 15 is 0 Å². The number of ether oxygens (including phenoxy) is 5. The number of hydrogen-bond acceptors (Lipinski definition) is 14. The molecule has 14 nitrogen and oxygen atoms in total. The van der Waals surface area contributed by atoms with Crippen molar-refractivity contribution in [1.29, 1.82) is 0 Å². The van der Waals surface area contributed by atoms with Crippen LogP contribution >= 0.6 is 11.6 Å².